The average molecular weight is 355 g/mol. The number of Topliss-reactive ketones (excluding diaryl/α,β-unsaturated/α-hetero) is 1. The number of carbonyl (C=O) groups excluding carboxylic acids is 1. The Morgan fingerprint density at radius 3 is 2.09 bits per heavy atom. The Balaban J connectivity index is 3.16. The second-order valence-electron chi connectivity index (χ2n) is 4.37. The van der Waals surface area contributed by atoms with E-state index in [1.165, 1.54) is 13.0 Å². The van der Waals surface area contributed by atoms with E-state index < -0.39 is 33.2 Å². The molecule has 0 aromatic heterocycles. The summed E-state index contributed by atoms with van der Waals surface area (Å²) in [6, 6.07) is 2.62. The molecule has 124 valence electrons. The van der Waals surface area contributed by atoms with Gasteiger partial charge in [-0.1, -0.05) is 6.07 Å². The zero-order valence-corrected chi connectivity index (χ0v) is 13.1. The normalized spacial score (nSPS) is 13.5. The molecule has 0 aliphatic heterocycles. The number of phosphoric acid groups is 2. The fourth-order valence-electron chi connectivity index (χ4n) is 1.48. The lowest BCUT2D eigenvalue weighted by Gasteiger charge is -2.15. The molecule has 0 aliphatic carbocycles. The topological polar surface area (TPSA) is 177 Å². The van der Waals surface area contributed by atoms with Gasteiger partial charge in [0.15, 0.2) is 11.5 Å². The van der Waals surface area contributed by atoms with Crippen LogP contribution in [0.25, 0.3) is 0 Å². The minimum absolute atomic E-state index is 0.0447. The molecule has 10 nitrogen and oxygen atoms in total. The van der Waals surface area contributed by atoms with Gasteiger partial charge in [0, 0.05) is 0 Å². The first-order chi connectivity index (χ1) is 9.87. The first-order valence-corrected chi connectivity index (χ1v) is 8.83. The highest BCUT2D eigenvalue weighted by Crippen LogP contribution is 2.47. The van der Waals surface area contributed by atoms with Crippen molar-refractivity contribution < 1.29 is 42.5 Å². The minimum Gasteiger partial charge on any atom is -0.400 e. The molecule has 1 aromatic rings. The van der Waals surface area contributed by atoms with Gasteiger partial charge < -0.3 is 14.8 Å². The molecule has 1 rings (SSSR count). The van der Waals surface area contributed by atoms with Crippen LogP contribution in [0.15, 0.2) is 18.2 Å². The number of benzene rings is 1. The second-order valence-corrected chi connectivity index (χ2v) is 6.69. The maximum absolute atomic E-state index is 11.1. The van der Waals surface area contributed by atoms with Crippen molar-refractivity contribution in [1.82, 2.24) is 0 Å². The molecule has 22 heavy (non-hydrogen) atoms. The number of ketones is 1. The van der Waals surface area contributed by atoms with Gasteiger partial charge in [-0.2, -0.15) is 0 Å². The van der Waals surface area contributed by atoms with Crippen LogP contribution in [0.5, 0.6) is 11.5 Å². The largest absolute Gasteiger partial charge is 0.524 e. The Labute approximate surface area is 125 Å². The zero-order chi connectivity index (χ0) is 17.1. The van der Waals surface area contributed by atoms with Crippen molar-refractivity contribution in [2.75, 3.05) is 0 Å². The van der Waals surface area contributed by atoms with Gasteiger partial charge in [-0.3, -0.25) is 24.4 Å². The fourth-order valence-corrected chi connectivity index (χ4v) is 2.29. The summed E-state index contributed by atoms with van der Waals surface area (Å²) in [4.78, 5) is 46.3. The summed E-state index contributed by atoms with van der Waals surface area (Å²) in [5.41, 5.74) is 5.93. The Hall–Kier alpha value is -1.25. The molecule has 0 saturated heterocycles. The standard InChI is InChI=1S/C10H15NO9P2/c1-6(12)8(11)4-7-2-3-9(19-21(13,14)15)10(5-7)20-22(16,17)18/h2-3,5,8H,4,11H2,1H3,(H2,13,14,15)(H2,16,17,18)/t8-/m0/s1. The third-order valence-corrected chi connectivity index (χ3v) is 3.29. The highest BCUT2D eigenvalue weighted by atomic mass is 31.2. The van der Waals surface area contributed by atoms with E-state index in [4.69, 9.17) is 25.3 Å². The summed E-state index contributed by atoms with van der Waals surface area (Å²) in [5.74, 6) is -1.44. The molecule has 0 bridgehead atoms. The predicted molar refractivity (Wildman–Crippen MR) is 74.1 cm³/mol. The lowest BCUT2D eigenvalue weighted by atomic mass is 10.0. The van der Waals surface area contributed by atoms with Crippen LogP contribution in [-0.2, 0) is 20.3 Å². The Bertz CT molecular complexity index is 650. The first-order valence-electron chi connectivity index (χ1n) is 5.76. The first kappa shape index (κ1) is 18.8. The second kappa shape index (κ2) is 6.89. The third-order valence-electron chi connectivity index (χ3n) is 2.42. The van der Waals surface area contributed by atoms with Gasteiger partial charge >= 0.3 is 15.6 Å². The van der Waals surface area contributed by atoms with E-state index in [1.54, 1.807) is 0 Å². The summed E-state index contributed by atoms with van der Waals surface area (Å²) in [6.07, 6.45) is 0.0447. The van der Waals surface area contributed by atoms with E-state index in [0.29, 0.717) is 5.56 Å². The van der Waals surface area contributed by atoms with Gasteiger partial charge in [0.25, 0.3) is 0 Å². The minimum atomic E-state index is -4.98. The molecular formula is C10H15NO9P2. The molecule has 0 unspecified atom stereocenters. The molecule has 0 amide bonds. The average Bonchev–Trinajstić information content (AvgIpc) is 2.28. The van der Waals surface area contributed by atoms with Crippen LogP contribution in [0.3, 0.4) is 0 Å². The number of hydrogen-bond acceptors (Lipinski definition) is 6. The number of rotatable bonds is 7. The predicted octanol–water partition coefficient (Wildman–Crippen LogP) is 0.0884. The number of nitrogens with two attached hydrogens (primary N) is 1. The monoisotopic (exact) mass is 355 g/mol. The molecule has 0 fully saturated rings. The van der Waals surface area contributed by atoms with Crippen molar-refractivity contribution >= 4 is 21.4 Å². The number of carbonyl (C=O) groups is 1. The lowest BCUT2D eigenvalue weighted by Crippen LogP contribution is -2.30. The van der Waals surface area contributed by atoms with E-state index >= 15 is 0 Å². The van der Waals surface area contributed by atoms with Crippen molar-refractivity contribution in [2.45, 2.75) is 19.4 Å². The Kier molecular flexibility index (Phi) is 5.89. The SMILES string of the molecule is CC(=O)[C@@H](N)Cc1ccc(OP(=O)(O)O)c(OP(=O)(O)O)c1. The van der Waals surface area contributed by atoms with Gasteiger partial charge in [-0.15, -0.1) is 0 Å². The zero-order valence-electron chi connectivity index (χ0n) is 11.3. The highest BCUT2D eigenvalue weighted by molar-refractivity contribution is 7.47. The summed E-state index contributed by atoms with van der Waals surface area (Å²) in [7, 11) is -9.93. The van der Waals surface area contributed by atoms with Crippen LogP contribution >= 0.6 is 15.6 Å². The summed E-state index contributed by atoms with van der Waals surface area (Å²) in [5, 5.41) is 0. The number of phosphoric ester groups is 2. The van der Waals surface area contributed by atoms with E-state index in [0.717, 1.165) is 12.1 Å². The molecule has 0 heterocycles. The molecular weight excluding hydrogens is 340 g/mol. The Morgan fingerprint density at radius 1 is 1.14 bits per heavy atom. The van der Waals surface area contributed by atoms with Crippen molar-refractivity contribution in [3.63, 3.8) is 0 Å². The lowest BCUT2D eigenvalue weighted by molar-refractivity contribution is -0.118. The summed E-state index contributed by atoms with van der Waals surface area (Å²) < 4.78 is 30.4. The van der Waals surface area contributed by atoms with Gasteiger partial charge in [-0.25, -0.2) is 9.13 Å². The Morgan fingerprint density at radius 2 is 1.64 bits per heavy atom. The summed E-state index contributed by atoms with van der Waals surface area (Å²) in [6.45, 7) is 1.28. The van der Waals surface area contributed by atoms with Crippen molar-refractivity contribution in [2.24, 2.45) is 5.73 Å². The maximum atomic E-state index is 11.1. The van der Waals surface area contributed by atoms with Gasteiger partial charge in [0.05, 0.1) is 6.04 Å². The molecule has 0 spiro atoms. The van der Waals surface area contributed by atoms with Gasteiger partial charge in [0.2, 0.25) is 0 Å². The van der Waals surface area contributed by atoms with Crippen molar-refractivity contribution in [1.29, 1.82) is 0 Å². The molecule has 0 radical (unpaired) electrons. The molecule has 6 N–H and O–H groups in total. The van der Waals surface area contributed by atoms with Crippen molar-refractivity contribution in [3.05, 3.63) is 23.8 Å². The third kappa shape index (κ3) is 6.67. The summed E-state index contributed by atoms with van der Waals surface area (Å²) >= 11 is 0. The molecule has 1 aromatic carbocycles. The van der Waals surface area contributed by atoms with Crippen molar-refractivity contribution in [3.8, 4) is 11.5 Å². The molecule has 0 saturated carbocycles. The van der Waals surface area contributed by atoms with Crippen LogP contribution in [0.1, 0.15) is 12.5 Å². The molecule has 1 atom stereocenters. The molecule has 0 aliphatic rings. The fraction of sp³-hybridized carbons (Fsp3) is 0.300. The van der Waals surface area contributed by atoms with E-state index in [-0.39, 0.29) is 12.2 Å². The smallest absolute Gasteiger partial charge is 0.400 e. The van der Waals surface area contributed by atoms with Gasteiger partial charge in [0.1, 0.15) is 5.78 Å². The van der Waals surface area contributed by atoms with Crippen LogP contribution < -0.4 is 14.8 Å². The van der Waals surface area contributed by atoms with Crippen LogP contribution in [-0.4, -0.2) is 31.4 Å². The quantitative estimate of drug-likeness (QED) is 0.421. The van der Waals surface area contributed by atoms with E-state index in [9.17, 15) is 13.9 Å². The molecule has 12 heteroatoms. The van der Waals surface area contributed by atoms with Crippen LogP contribution in [0.4, 0.5) is 0 Å². The number of hydrogen-bond donors (Lipinski definition) is 5. The highest BCUT2D eigenvalue weighted by Gasteiger charge is 2.24. The van der Waals surface area contributed by atoms with E-state index in [1.807, 2.05) is 0 Å². The van der Waals surface area contributed by atoms with Crippen LogP contribution in [0.2, 0.25) is 0 Å². The maximum Gasteiger partial charge on any atom is 0.524 e. The van der Waals surface area contributed by atoms with E-state index in [2.05, 4.69) is 9.05 Å². The van der Waals surface area contributed by atoms with Crippen LogP contribution in [0, 0.1) is 0 Å². The van der Waals surface area contributed by atoms with Gasteiger partial charge in [-0.05, 0) is 31.0 Å².